The van der Waals surface area contributed by atoms with Gasteiger partial charge in [0.25, 0.3) is 0 Å². The molecule has 0 saturated heterocycles. The number of allylic oxidation sites excluding steroid dienone is 3. The zero-order chi connectivity index (χ0) is 17.9. The minimum atomic E-state index is 0.508. The minimum absolute atomic E-state index is 0.508. The van der Waals surface area contributed by atoms with E-state index in [1.807, 2.05) is 6.08 Å². The summed E-state index contributed by atoms with van der Waals surface area (Å²) < 4.78 is 0. The maximum absolute atomic E-state index is 11.4. The number of hydrogen-bond acceptors (Lipinski definition) is 1. The molecule has 0 N–H and O–H groups in total. The van der Waals surface area contributed by atoms with Crippen molar-refractivity contribution in [3.05, 3.63) is 24.3 Å². The highest BCUT2D eigenvalue weighted by molar-refractivity contribution is 5.73. The third kappa shape index (κ3) is 14.7. The molecule has 24 heavy (non-hydrogen) atoms. The molecule has 1 heteroatoms. The van der Waals surface area contributed by atoms with Crippen molar-refractivity contribution in [1.82, 2.24) is 0 Å². The molecule has 0 aliphatic rings. The molecule has 0 bridgehead atoms. The summed E-state index contributed by atoms with van der Waals surface area (Å²) in [6.07, 6.45) is 24.2. The van der Waals surface area contributed by atoms with Gasteiger partial charge in [-0.15, -0.1) is 6.58 Å². The predicted octanol–water partition coefficient (Wildman–Crippen LogP) is 7.81. The Morgan fingerprint density at radius 1 is 0.833 bits per heavy atom. The van der Waals surface area contributed by atoms with Crippen molar-refractivity contribution in [2.45, 2.75) is 110 Å². The first kappa shape index (κ1) is 23.1. The Labute approximate surface area is 152 Å². The van der Waals surface area contributed by atoms with E-state index in [1.165, 1.54) is 77.0 Å². The average Bonchev–Trinajstić information content (AvgIpc) is 2.59. The van der Waals surface area contributed by atoms with Gasteiger partial charge in [0.05, 0.1) is 0 Å². The first-order valence-electron chi connectivity index (χ1n) is 10.5. The second-order valence-electron chi connectivity index (χ2n) is 7.22. The van der Waals surface area contributed by atoms with E-state index in [9.17, 15) is 4.79 Å². The molecule has 1 unspecified atom stereocenters. The SMILES string of the molecule is C=CCC(/C=C(/C=O)CCCCCCCC)CCCCCCCC. The van der Waals surface area contributed by atoms with Crippen LogP contribution in [0.25, 0.3) is 0 Å². The van der Waals surface area contributed by atoms with Crippen molar-refractivity contribution in [3.8, 4) is 0 Å². The fraction of sp³-hybridized carbons (Fsp3) is 0.783. The number of carbonyl (C=O) groups is 1. The Morgan fingerprint density at radius 3 is 1.92 bits per heavy atom. The Balaban J connectivity index is 4.07. The van der Waals surface area contributed by atoms with Crippen LogP contribution in [-0.2, 0) is 4.79 Å². The van der Waals surface area contributed by atoms with Crippen molar-refractivity contribution in [1.29, 1.82) is 0 Å². The lowest BCUT2D eigenvalue weighted by atomic mass is 9.93. The van der Waals surface area contributed by atoms with Crippen LogP contribution in [0, 0.1) is 5.92 Å². The van der Waals surface area contributed by atoms with Gasteiger partial charge in [-0.25, -0.2) is 0 Å². The van der Waals surface area contributed by atoms with Crippen LogP contribution < -0.4 is 0 Å². The summed E-state index contributed by atoms with van der Waals surface area (Å²) >= 11 is 0. The van der Waals surface area contributed by atoms with Gasteiger partial charge in [-0.1, -0.05) is 96.6 Å². The first-order valence-corrected chi connectivity index (χ1v) is 10.5. The van der Waals surface area contributed by atoms with E-state index in [0.717, 1.165) is 31.1 Å². The number of hydrogen-bond donors (Lipinski definition) is 0. The second kappa shape index (κ2) is 18.5. The Bertz CT molecular complexity index is 316. The zero-order valence-electron chi connectivity index (χ0n) is 16.5. The van der Waals surface area contributed by atoms with Gasteiger partial charge < -0.3 is 0 Å². The monoisotopic (exact) mass is 334 g/mol. The Hall–Kier alpha value is -0.850. The Morgan fingerprint density at radius 2 is 1.38 bits per heavy atom. The predicted molar refractivity (Wildman–Crippen MR) is 108 cm³/mol. The van der Waals surface area contributed by atoms with E-state index in [0.29, 0.717) is 5.92 Å². The molecule has 0 aliphatic carbocycles. The lowest BCUT2D eigenvalue weighted by Gasteiger charge is -2.12. The summed E-state index contributed by atoms with van der Waals surface area (Å²) in [6.45, 7) is 8.40. The number of unbranched alkanes of at least 4 members (excludes halogenated alkanes) is 10. The molecule has 0 aromatic heterocycles. The van der Waals surface area contributed by atoms with Crippen LogP contribution in [0.2, 0.25) is 0 Å². The van der Waals surface area contributed by atoms with E-state index < -0.39 is 0 Å². The van der Waals surface area contributed by atoms with Crippen LogP contribution in [0.15, 0.2) is 24.3 Å². The molecule has 140 valence electrons. The molecule has 1 nitrogen and oxygen atoms in total. The maximum Gasteiger partial charge on any atom is 0.145 e. The van der Waals surface area contributed by atoms with Crippen molar-refractivity contribution < 1.29 is 4.79 Å². The second-order valence-corrected chi connectivity index (χ2v) is 7.22. The van der Waals surface area contributed by atoms with Gasteiger partial charge in [0.2, 0.25) is 0 Å². The van der Waals surface area contributed by atoms with Crippen molar-refractivity contribution in [2.24, 2.45) is 5.92 Å². The molecule has 0 aromatic carbocycles. The fourth-order valence-corrected chi connectivity index (χ4v) is 3.26. The molecule has 0 rings (SSSR count). The fourth-order valence-electron chi connectivity index (χ4n) is 3.26. The third-order valence-electron chi connectivity index (χ3n) is 4.82. The average molecular weight is 335 g/mol. The summed E-state index contributed by atoms with van der Waals surface area (Å²) in [7, 11) is 0. The number of rotatable bonds is 18. The van der Waals surface area contributed by atoms with Crippen LogP contribution in [-0.4, -0.2) is 6.29 Å². The quantitative estimate of drug-likeness (QED) is 0.108. The Kier molecular flexibility index (Phi) is 17.8. The van der Waals surface area contributed by atoms with Crippen molar-refractivity contribution in [3.63, 3.8) is 0 Å². The van der Waals surface area contributed by atoms with E-state index in [4.69, 9.17) is 0 Å². The van der Waals surface area contributed by atoms with Crippen LogP contribution in [0.3, 0.4) is 0 Å². The summed E-state index contributed by atoms with van der Waals surface area (Å²) in [4.78, 5) is 11.4. The smallest absolute Gasteiger partial charge is 0.145 e. The van der Waals surface area contributed by atoms with Gasteiger partial charge in [-0.3, -0.25) is 4.79 Å². The molecule has 0 spiro atoms. The first-order chi connectivity index (χ1) is 11.8. The standard InChI is InChI=1S/C23H42O/c1-4-7-9-11-13-15-18-22(17-6-3)20-23(21-24)19-16-14-12-10-8-5-2/h6,20-22H,3-5,7-19H2,1-2H3/b23-20+. The molecular formula is C23H42O. The largest absolute Gasteiger partial charge is 0.298 e. The lowest BCUT2D eigenvalue weighted by Crippen LogP contribution is -1.99. The molecular weight excluding hydrogens is 292 g/mol. The van der Waals surface area contributed by atoms with Gasteiger partial charge >= 0.3 is 0 Å². The molecule has 1 atom stereocenters. The summed E-state index contributed by atoms with van der Waals surface area (Å²) in [5, 5.41) is 0. The highest BCUT2D eigenvalue weighted by Crippen LogP contribution is 2.20. The van der Waals surface area contributed by atoms with Gasteiger partial charge in [0, 0.05) is 0 Å². The van der Waals surface area contributed by atoms with E-state index >= 15 is 0 Å². The topological polar surface area (TPSA) is 17.1 Å². The van der Waals surface area contributed by atoms with Crippen LogP contribution in [0.5, 0.6) is 0 Å². The third-order valence-corrected chi connectivity index (χ3v) is 4.82. The van der Waals surface area contributed by atoms with E-state index in [2.05, 4.69) is 26.5 Å². The normalized spacial score (nSPS) is 13.0. The molecule has 0 aromatic rings. The summed E-state index contributed by atoms with van der Waals surface area (Å²) in [5.74, 6) is 0.508. The summed E-state index contributed by atoms with van der Waals surface area (Å²) in [5.41, 5.74) is 1.02. The molecule has 0 aliphatic heterocycles. The number of aldehydes is 1. The lowest BCUT2D eigenvalue weighted by molar-refractivity contribution is -0.105. The molecule has 0 radical (unpaired) electrons. The van der Waals surface area contributed by atoms with E-state index in [1.54, 1.807) is 0 Å². The minimum Gasteiger partial charge on any atom is -0.298 e. The van der Waals surface area contributed by atoms with Crippen LogP contribution in [0.1, 0.15) is 110 Å². The van der Waals surface area contributed by atoms with Crippen LogP contribution in [0.4, 0.5) is 0 Å². The number of carbonyl (C=O) groups excluding carboxylic acids is 1. The molecule has 0 fully saturated rings. The van der Waals surface area contributed by atoms with Crippen molar-refractivity contribution in [2.75, 3.05) is 0 Å². The highest BCUT2D eigenvalue weighted by atomic mass is 16.1. The molecule has 0 amide bonds. The highest BCUT2D eigenvalue weighted by Gasteiger charge is 2.06. The van der Waals surface area contributed by atoms with E-state index in [-0.39, 0.29) is 0 Å². The van der Waals surface area contributed by atoms with Gasteiger partial charge in [-0.2, -0.15) is 0 Å². The van der Waals surface area contributed by atoms with Gasteiger partial charge in [-0.05, 0) is 37.2 Å². The zero-order valence-corrected chi connectivity index (χ0v) is 16.5. The summed E-state index contributed by atoms with van der Waals surface area (Å²) in [6, 6.07) is 0. The molecule has 0 saturated carbocycles. The van der Waals surface area contributed by atoms with Gasteiger partial charge in [0.1, 0.15) is 6.29 Å². The van der Waals surface area contributed by atoms with Gasteiger partial charge in [0.15, 0.2) is 0 Å². The van der Waals surface area contributed by atoms with Crippen LogP contribution >= 0.6 is 0 Å². The maximum atomic E-state index is 11.4. The van der Waals surface area contributed by atoms with Crippen molar-refractivity contribution >= 4 is 6.29 Å². The molecule has 0 heterocycles.